The molecule has 0 spiro atoms. The summed E-state index contributed by atoms with van der Waals surface area (Å²) in [6, 6.07) is 12.3. The molecule has 2 aromatic rings. The van der Waals surface area contributed by atoms with Crippen LogP contribution < -0.4 is 0 Å². The van der Waals surface area contributed by atoms with Gasteiger partial charge < -0.3 is 4.90 Å². The monoisotopic (exact) mass is 244 g/mol. The molecule has 0 fully saturated rings. The van der Waals surface area contributed by atoms with Gasteiger partial charge in [-0.2, -0.15) is 4.39 Å². The van der Waals surface area contributed by atoms with E-state index in [-0.39, 0.29) is 5.91 Å². The minimum absolute atomic E-state index is 0.175. The van der Waals surface area contributed by atoms with Crippen LogP contribution in [0.4, 0.5) is 4.39 Å². The molecule has 0 aliphatic rings. The molecule has 2 rings (SSSR count). The van der Waals surface area contributed by atoms with Crippen LogP contribution in [0.25, 0.3) is 0 Å². The van der Waals surface area contributed by atoms with E-state index in [1.54, 1.807) is 11.9 Å². The minimum Gasteiger partial charge on any atom is -0.337 e. The maximum atomic E-state index is 12.7. The Balaban J connectivity index is 2.07. The summed E-state index contributed by atoms with van der Waals surface area (Å²) >= 11 is 0. The Morgan fingerprint density at radius 1 is 1.22 bits per heavy atom. The summed E-state index contributed by atoms with van der Waals surface area (Å²) in [7, 11) is 1.71. The molecule has 18 heavy (non-hydrogen) atoms. The molecule has 0 bridgehead atoms. The second-order valence-corrected chi connectivity index (χ2v) is 4.02. The van der Waals surface area contributed by atoms with Crippen LogP contribution in [0, 0.1) is 5.95 Å². The first-order chi connectivity index (χ1) is 8.66. The van der Waals surface area contributed by atoms with E-state index in [1.807, 2.05) is 30.3 Å². The Morgan fingerprint density at radius 3 is 2.56 bits per heavy atom. The second-order valence-electron chi connectivity index (χ2n) is 4.02. The van der Waals surface area contributed by atoms with Gasteiger partial charge in [0.15, 0.2) is 0 Å². The molecule has 92 valence electrons. The van der Waals surface area contributed by atoms with Crippen LogP contribution in [-0.2, 0) is 6.54 Å². The summed E-state index contributed by atoms with van der Waals surface area (Å²) in [4.78, 5) is 17.1. The second kappa shape index (κ2) is 5.40. The lowest BCUT2D eigenvalue weighted by Gasteiger charge is -2.17. The highest BCUT2D eigenvalue weighted by molar-refractivity contribution is 5.93. The predicted octanol–water partition coefficient (Wildman–Crippen LogP) is 2.49. The van der Waals surface area contributed by atoms with Crippen LogP contribution in [0.15, 0.2) is 48.7 Å². The van der Waals surface area contributed by atoms with Gasteiger partial charge in [0.2, 0.25) is 5.95 Å². The average molecular weight is 244 g/mol. The van der Waals surface area contributed by atoms with Crippen LogP contribution >= 0.6 is 0 Å². The number of aromatic nitrogens is 1. The van der Waals surface area contributed by atoms with Crippen LogP contribution in [-0.4, -0.2) is 22.8 Å². The molecule has 0 radical (unpaired) electrons. The molecular formula is C14H13FN2O. The molecule has 0 N–H and O–H groups in total. The number of pyridine rings is 1. The van der Waals surface area contributed by atoms with Crippen molar-refractivity contribution >= 4 is 5.91 Å². The van der Waals surface area contributed by atoms with Gasteiger partial charge in [0.1, 0.15) is 0 Å². The van der Waals surface area contributed by atoms with Crippen LogP contribution in [0.3, 0.4) is 0 Å². The fraction of sp³-hybridized carbons (Fsp3) is 0.143. The molecule has 1 amide bonds. The average Bonchev–Trinajstić information content (AvgIpc) is 2.40. The molecule has 3 nitrogen and oxygen atoms in total. The number of nitrogens with zero attached hydrogens (tertiary/aromatic N) is 2. The zero-order chi connectivity index (χ0) is 13.0. The van der Waals surface area contributed by atoms with E-state index in [4.69, 9.17) is 0 Å². The lowest BCUT2D eigenvalue weighted by Crippen LogP contribution is -2.26. The molecular weight excluding hydrogens is 231 g/mol. The highest BCUT2D eigenvalue weighted by Gasteiger charge is 2.12. The van der Waals surface area contributed by atoms with E-state index in [2.05, 4.69) is 4.98 Å². The Kier molecular flexibility index (Phi) is 3.67. The number of rotatable bonds is 3. The molecule has 4 heteroatoms. The molecule has 0 aliphatic heterocycles. The van der Waals surface area contributed by atoms with Gasteiger partial charge in [-0.1, -0.05) is 30.3 Å². The molecule has 1 heterocycles. The third kappa shape index (κ3) is 2.91. The predicted molar refractivity (Wildman–Crippen MR) is 66.4 cm³/mol. The Hall–Kier alpha value is -2.23. The molecule has 0 atom stereocenters. The zero-order valence-corrected chi connectivity index (χ0v) is 10.0. The van der Waals surface area contributed by atoms with E-state index in [0.717, 1.165) is 5.56 Å². The van der Waals surface area contributed by atoms with Crippen molar-refractivity contribution in [2.75, 3.05) is 7.05 Å². The maximum Gasteiger partial charge on any atom is 0.255 e. The quantitative estimate of drug-likeness (QED) is 0.777. The summed E-state index contributed by atoms with van der Waals surface area (Å²) in [5, 5.41) is 0. The highest BCUT2D eigenvalue weighted by Crippen LogP contribution is 2.07. The first-order valence-corrected chi connectivity index (χ1v) is 5.58. The van der Waals surface area contributed by atoms with Crippen molar-refractivity contribution in [1.82, 2.24) is 9.88 Å². The number of hydrogen-bond acceptors (Lipinski definition) is 2. The number of carbonyl (C=O) groups is 1. The highest BCUT2D eigenvalue weighted by atomic mass is 19.1. The van der Waals surface area contributed by atoms with E-state index in [9.17, 15) is 9.18 Å². The van der Waals surface area contributed by atoms with E-state index >= 15 is 0 Å². The Bertz CT molecular complexity index is 525. The van der Waals surface area contributed by atoms with Crippen molar-refractivity contribution in [3.05, 3.63) is 65.7 Å². The summed E-state index contributed by atoms with van der Waals surface area (Å²) < 4.78 is 12.7. The van der Waals surface area contributed by atoms with Gasteiger partial charge >= 0.3 is 0 Å². The third-order valence-corrected chi connectivity index (χ3v) is 2.58. The van der Waals surface area contributed by atoms with Crippen molar-refractivity contribution in [3.8, 4) is 0 Å². The van der Waals surface area contributed by atoms with Gasteiger partial charge in [0.05, 0.1) is 5.56 Å². The van der Waals surface area contributed by atoms with E-state index < -0.39 is 5.95 Å². The first-order valence-electron chi connectivity index (χ1n) is 5.58. The lowest BCUT2D eigenvalue weighted by molar-refractivity contribution is 0.0784. The molecule has 0 saturated carbocycles. The lowest BCUT2D eigenvalue weighted by atomic mass is 10.2. The van der Waals surface area contributed by atoms with Gasteiger partial charge in [0, 0.05) is 19.8 Å². The van der Waals surface area contributed by atoms with Crippen molar-refractivity contribution in [1.29, 1.82) is 0 Å². The smallest absolute Gasteiger partial charge is 0.255 e. The fourth-order valence-corrected chi connectivity index (χ4v) is 1.65. The number of halogens is 1. The number of benzene rings is 1. The number of amides is 1. The van der Waals surface area contributed by atoms with Gasteiger partial charge in [0.25, 0.3) is 5.91 Å². The number of carbonyl (C=O) groups excluding carboxylic acids is 1. The van der Waals surface area contributed by atoms with Crippen molar-refractivity contribution in [3.63, 3.8) is 0 Å². The molecule has 1 aromatic carbocycles. The Labute approximate surface area is 105 Å². The van der Waals surface area contributed by atoms with Crippen molar-refractivity contribution in [2.45, 2.75) is 6.54 Å². The maximum absolute atomic E-state index is 12.7. The summed E-state index contributed by atoms with van der Waals surface area (Å²) in [5.41, 5.74) is 1.43. The zero-order valence-electron chi connectivity index (χ0n) is 10.0. The molecule has 0 aliphatic carbocycles. The molecule has 0 saturated heterocycles. The van der Waals surface area contributed by atoms with Crippen LogP contribution in [0.2, 0.25) is 0 Å². The minimum atomic E-state index is -0.586. The van der Waals surface area contributed by atoms with E-state index in [0.29, 0.717) is 12.1 Å². The fourth-order valence-electron chi connectivity index (χ4n) is 1.65. The van der Waals surface area contributed by atoms with Gasteiger partial charge in [-0.25, -0.2) is 4.98 Å². The van der Waals surface area contributed by atoms with Crippen molar-refractivity contribution in [2.24, 2.45) is 0 Å². The standard InChI is InChI=1S/C14H13FN2O/c1-17(10-11-5-3-2-4-6-11)14(18)12-7-8-13(15)16-9-12/h2-9H,10H2,1H3. The summed E-state index contributed by atoms with van der Waals surface area (Å²) in [6.07, 6.45) is 1.25. The Morgan fingerprint density at radius 2 is 1.94 bits per heavy atom. The third-order valence-electron chi connectivity index (χ3n) is 2.58. The summed E-state index contributed by atoms with van der Waals surface area (Å²) in [5.74, 6) is -0.761. The van der Waals surface area contributed by atoms with Crippen LogP contribution in [0.1, 0.15) is 15.9 Å². The normalized spacial score (nSPS) is 10.1. The van der Waals surface area contributed by atoms with E-state index in [1.165, 1.54) is 18.3 Å². The SMILES string of the molecule is CN(Cc1ccccc1)C(=O)c1ccc(F)nc1. The van der Waals surface area contributed by atoms with Gasteiger partial charge in [-0.3, -0.25) is 4.79 Å². The summed E-state index contributed by atoms with van der Waals surface area (Å²) in [6.45, 7) is 0.511. The van der Waals surface area contributed by atoms with Crippen molar-refractivity contribution < 1.29 is 9.18 Å². The van der Waals surface area contributed by atoms with Gasteiger partial charge in [-0.05, 0) is 17.7 Å². The molecule has 1 aromatic heterocycles. The van der Waals surface area contributed by atoms with Gasteiger partial charge in [-0.15, -0.1) is 0 Å². The molecule has 0 unspecified atom stereocenters. The largest absolute Gasteiger partial charge is 0.337 e. The topological polar surface area (TPSA) is 33.2 Å². The van der Waals surface area contributed by atoms with Crippen LogP contribution in [0.5, 0.6) is 0 Å². The number of hydrogen-bond donors (Lipinski definition) is 0. The first kappa shape index (κ1) is 12.2.